The van der Waals surface area contributed by atoms with Crippen molar-refractivity contribution in [3.8, 4) is 5.88 Å². The Hall–Kier alpha value is -3.13. The smallest absolute Gasteiger partial charge is 0.433 e. The van der Waals surface area contributed by atoms with Gasteiger partial charge in [-0.15, -0.1) is 11.8 Å². The van der Waals surface area contributed by atoms with Crippen LogP contribution >= 0.6 is 23.5 Å². The number of carbonyl (C=O) groups excluding carboxylic acids is 1. The number of aromatic nitrogens is 2. The van der Waals surface area contributed by atoms with Crippen LogP contribution in [0.1, 0.15) is 22.3 Å². The Balaban J connectivity index is 1.53. The number of halogens is 6. The van der Waals surface area contributed by atoms with Crippen LogP contribution in [0.3, 0.4) is 0 Å². The number of para-hydroxylation sites is 1. The molecule has 3 aromatic rings. The summed E-state index contributed by atoms with van der Waals surface area (Å²) in [5.74, 6) is -1.41. The third-order valence-corrected chi connectivity index (χ3v) is 6.86. The van der Waals surface area contributed by atoms with Gasteiger partial charge in [0.1, 0.15) is 5.70 Å². The molecule has 0 spiro atoms. The molecule has 2 heterocycles. The molecule has 0 saturated carbocycles. The summed E-state index contributed by atoms with van der Waals surface area (Å²) in [6.45, 7) is -0.157. The van der Waals surface area contributed by atoms with Gasteiger partial charge in [0.15, 0.2) is 5.16 Å². The van der Waals surface area contributed by atoms with E-state index in [1.54, 1.807) is 30.5 Å². The van der Waals surface area contributed by atoms with E-state index in [1.807, 2.05) is 5.43 Å². The molecular formula is C23H18F6N4O2S2. The van der Waals surface area contributed by atoms with E-state index in [2.05, 4.69) is 9.97 Å². The topological polar surface area (TPSA) is 67.3 Å². The summed E-state index contributed by atoms with van der Waals surface area (Å²) in [5.41, 5.74) is -0.585. The molecule has 6 nitrogen and oxygen atoms in total. The summed E-state index contributed by atoms with van der Waals surface area (Å²) in [4.78, 5) is 21.1. The number of amides is 1. The number of allylic oxidation sites excluding steroid dienone is 1. The number of rotatable bonds is 7. The lowest BCUT2D eigenvalue weighted by molar-refractivity contribution is -0.138. The summed E-state index contributed by atoms with van der Waals surface area (Å²) >= 11 is 2.10. The molecule has 0 fully saturated rings. The van der Waals surface area contributed by atoms with Crippen molar-refractivity contribution in [2.24, 2.45) is 0 Å². The Morgan fingerprint density at radius 2 is 1.76 bits per heavy atom. The summed E-state index contributed by atoms with van der Waals surface area (Å²) in [6, 6.07) is 10.9. The predicted molar refractivity (Wildman–Crippen MR) is 128 cm³/mol. The van der Waals surface area contributed by atoms with Gasteiger partial charge in [-0.05, 0) is 30.5 Å². The maximum absolute atomic E-state index is 13.9. The van der Waals surface area contributed by atoms with Gasteiger partial charge in [-0.1, -0.05) is 36.0 Å². The quantitative estimate of drug-likeness (QED) is 0.208. The molecule has 1 N–H and O–H groups in total. The van der Waals surface area contributed by atoms with Gasteiger partial charge in [0.05, 0.1) is 34.5 Å². The number of hydrogen-bond acceptors (Lipinski definition) is 7. The van der Waals surface area contributed by atoms with Crippen LogP contribution in [-0.4, -0.2) is 45.8 Å². The highest BCUT2D eigenvalue weighted by molar-refractivity contribution is 8.03. The minimum Gasteiger partial charge on any atom is -0.477 e. The van der Waals surface area contributed by atoms with Crippen LogP contribution in [0.4, 0.5) is 26.3 Å². The van der Waals surface area contributed by atoms with Gasteiger partial charge in [0, 0.05) is 11.3 Å². The molecule has 2 aromatic carbocycles. The number of benzene rings is 2. The summed E-state index contributed by atoms with van der Waals surface area (Å²) in [7, 11) is 0. The summed E-state index contributed by atoms with van der Waals surface area (Å²) in [6.07, 6.45) is -8.11. The maximum atomic E-state index is 13.9. The van der Waals surface area contributed by atoms with E-state index >= 15 is 0 Å². The highest BCUT2D eigenvalue weighted by Gasteiger charge is 2.45. The molecule has 0 radical (unpaired) electrons. The monoisotopic (exact) mass is 560 g/mol. The summed E-state index contributed by atoms with van der Waals surface area (Å²) < 4.78 is 87.3. The van der Waals surface area contributed by atoms with E-state index in [0.29, 0.717) is 27.1 Å². The number of nitrogens with zero attached hydrogens (tertiary/aromatic N) is 3. The number of carbonyl (C=O) groups is 1. The Labute approximate surface area is 215 Å². The van der Waals surface area contributed by atoms with Gasteiger partial charge < -0.3 is 4.74 Å². The van der Waals surface area contributed by atoms with Crippen molar-refractivity contribution in [2.45, 2.75) is 23.9 Å². The fraction of sp³-hybridized carbons (Fsp3) is 0.261. The highest BCUT2D eigenvalue weighted by Crippen LogP contribution is 2.42. The lowest BCUT2D eigenvalue weighted by Gasteiger charge is -2.24. The first kappa shape index (κ1) is 26.9. The first-order valence-corrected chi connectivity index (χ1v) is 12.8. The molecule has 14 heteroatoms. The van der Waals surface area contributed by atoms with Crippen molar-refractivity contribution < 1.29 is 35.9 Å². The van der Waals surface area contributed by atoms with Crippen molar-refractivity contribution in [3.05, 3.63) is 70.3 Å². The van der Waals surface area contributed by atoms with Crippen LogP contribution in [-0.2, 0) is 6.18 Å². The third kappa shape index (κ3) is 6.06. The molecular weight excluding hydrogens is 542 g/mol. The Bertz CT molecular complexity index is 1350. The van der Waals surface area contributed by atoms with Crippen LogP contribution in [0.15, 0.2) is 64.3 Å². The van der Waals surface area contributed by atoms with Crippen LogP contribution in [0.2, 0.25) is 0 Å². The molecule has 0 aliphatic carbocycles. The zero-order valence-corrected chi connectivity index (χ0v) is 20.6. The lowest BCUT2D eigenvalue weighted by Crippen LogP contribution is -2.43. The number of alkyl halides is 6. The molecule has 0 bridgehead atoms. The van der Waals surface area contributed by atoms with E-state index in [-0.39, 0.29) is 29.7 Å². The fourth-order valence-corrected chi connectivity index (χ4v) is 5.03. The zero-order chi connectivity index (χ0) is 26.8. The van der Waals surface area contributed by atoms with E-state index < -0.39 is 35.1 Å². The second-order valence-corrected chi connectivity index (χ2v) is 9.40. The Kier molecular flexibility index (Phi) is 7.78. The number of nitrogens with one attached hydrogen (secondary N) is 1. The van der Waals surface area contributed by atoms with Gasteiger partial charge in [-0.25, -0.2) is 4.98 Å². The van der Waals surface area contributed by atoms with Crippen LogP contribution in [0.25, 0.3) is 10.9 Å². The van der Waals surface area contributed by atoms with Crippen molar-refractivity contribution in [2.75, 3.05) is 18.7 Å². The molecule has 1 aliphatic rings. The second-order valence-electron chi connectivity index (χ2n) is 7.59. The average Bonchev–Trinajstić information content (AvgIpc) is 3.26. The van der Waals surface area contributed by atoms with E-state index in [9.17, 15) is 31.1 Å². The van der Waals surface area contributed by atoms with Crippen LogP contribution in [0, 0.1) is 0 Å². The van der Waals surface area contributed by atoms with Gasteiger partial charge in [0.2, 0.25) is 5.88 Å². The second kappa shape index (κ2) is 10.7. The third-order valence-electron chi connectivity index (χ3n) is 5.18. The predicted octanol–water partition coefficient (Wildman–Crippen LogP) is 6.26. The molecule has 0 atom stereocenters. The van der Waals surface area contributed by atoms with Crippen LogP contribution < -0.4 is 10.2 Å². The number of hydrazine groups is 1. The largest absolute Gasteiger partial charge is 0.477 e. The highest BCUT2D eigenvalue weighted by atomic mass is 32.2. The zero-order valence-electron chi connectivity index (χ0n) is 19.0. The minimum atomic E-state index is -4.87. The number of fused-ring (bicyclic) bond motifs is 1. The van der Waals surface area contributed by atoms with Gasteiger partial charge in [-0.2, -0.15) is 31.3 Å². The molecule has 37 heavy (non-hydrogen) atoms. The number of thioether (sulfide) groups is 2. The maximum Gasteiger partial charge on any atom is 0.433 e. The molecule has 1 amide bonds. The van der Waals surface area contributed by atoms with Crippen molar-refractivity contribution in [3.63, 3.8) is 0 Å². The number of hydrogen-bond donors (Lipinski definition) is 1. The van der Waals surface area contributed by atoms with Crippen molar-refractivity contribution in [1.29, 1.82) is 0 Å². The van der Waals surface area contributed by atoms with E-state index in [0.717, 1.165) is 23.9 Å². The van der Waals surface area contributed by atoms with E-state index in [1.165, 1.54) is 17.8 Å². The van der Waals surface area contributed by atoms with Gasteiger partial charge in [0.25, 0.3) is 5.91 Å². The number of ether oxygens (including phenoxy) is 1. The normalized spacial score (nSPS) is 14.4. The average molecular weight is 561 g/mol. The minimum absolute atomic E-state index is 0.125. The fourth-order valence-electron chi connectivity index (χ4n) is 3.60. The standard InChI is InChI=1S/C23H18F6N4O2S2/c1-36-21-30-16-9-5-3-7-14(16)20(31-21)35-11-10-17-18(23(27,28)29)33(12-37-17)32-19(34)13-6-2-4-8-15(13)22(24,25)26/h2-9H,10-12H2,1H3,(H,32,34). The molecule has 0 saturated heterocycles. The molecule has 4 rings (SSSR count). The first-order valence-electron chi connectivity index (χ1n) is 10.6. The lowest BCUT2D eigenvalue weighted by atomic mass is 10.1. The molecule has 196 valence electrons. The van der Waals surface area contributed by atoms with Crippen LogP contribution in [0.5, 0.6) is 5.88 Å². The molecule has 1 aromatic heterocycles. The van der Waals surface area contributed by atoms with E-state index in [4.69, 9.17) is 4.74 Å². The first-order chi connectivity index (χ1) is 17.5. The molecule has 0 unspecified atom stereocenters. The molecule has 1 aliphatic heterocycles. The van der Waals surface area contributed by atoms with Crippen molar-refractivity contribution >= 4 is 40.3 Å². The summed E-state index contributed by atoms with van der Waals surface area (Å²) in [5, 5.41) is 1.55. The SMILES string of the molecule is CSc1nc(OCCC2=C(C(F)(F)F)N(NC(=O)c3ccccc3C(F)(F)F)CS2)c2ccccc2n1. The van der Waals surface area contributed by atoms with Gasteiger partial charge in [-0.3, -0.25) is 15.2 Å². The Morgan fingerprint density at radius 1 is 1.05 bits per heavy atom. The Morgan fingerprint density at radius 3 is 2.46 bits per heavy atom. The van der Waals surface area contributed by atoms with Crippen molar-refractivity contribution in [1.82, 2.24) is 20.4 Å². The van der Waals surface area contributed by atoms with Gasteiger partial charge >= 0.3 is 12.4 Å².